The number of aliphatic hydroxyl groups is 1. The molecule has 0 aromatic heterocycles. The summed E-state index contributed by atoms with van der Waals surface area (Å²) in [5.74, 6) is 0. The lowest BCUT2D eigenvalue weighted by Crippen LogP contribution is -2.52. The van der Waals surface area contributed by atoms with Gasteiger partial charge >= 0.3 is 0 Å². The van der Waals surface area contributed by atoms with Gasteiger partial charge in [0.15, 0.2) is 0 Å². The molecule has 19 heavy (non-hydrogen) atoms. The molecule has 2 aliphatic carbocycles. The lowest BCUT2D eigenvalue weighted by molar-refractivity contribution is -0.0805. The molecule has 3 fully saturated rings. The monoisotopic (exact) mass is 268 g/mol. The molecule has 3 aliphatic rings. The minimum absolute atomic E-state index is 0.00336. The number of ether oxygens (including phenoxy) is 1. The molecule has 2 N–H and O–H groups in total. The van der Waals surface area contributed by atoms with E-state index in [0.717, 1.165) is 25.9 Å². The van der Waals surface area contributed by atoms with Crippen LogP contribution in [0.15, 0.2) is 0 Å². The van der Waals surface area contributed by atoms with Gasteiger partial charge in [-0.15, -0.1) is 0 Å². The van der Waals surface area contributed by atoms with Gasteiger partial charge in [0.1, 0.15) is 0 Å². The maximum Gasteiger partial charge on any atom is 0.0678 e. The summed E-state index contributed by atoms with van der Waals surface area (Å²) < 4.78 is 5.82. The minimum Gasteiger partial charge on any atom is -0.394 e. The van der Waals surface area contributed by atoms with Crippen LogP contribution in [0.3, 0.4) is 0 Å². The summed E-state index contributed by atoms with van der Waals surface area (Å²) in [6, 6.07) is 1.29. The van der Waals surface area contributed by atoms with E-state index in [9.17, 15) is 5.11 Å². The second-order valence-electron chi connectivity index (χ2n) is 6.96. The molecule has 4 atom stereocenters. The summed E-state index contributed by atoms with van der Waals surface area (Å²) in [6.07, 6.45) is 6.67. The number of nitrogens with zero attached hydrogens (tertiary/aromatic N) is 1. The molecule has 1 aliphatic heterocycles. The Hall–Kier alpha value is -0.160. The zero-order chi connectivity index (χ0) is 13.5. The molecule has 0 aromatic rings. The van der Waals surface area contributed by atoms with E-state index in [1.807, 2.05) is 0 Å². The smallest absolute Gasteiger partial charge is 0.0678 e. The van der Waals surface area contributed by atoms with Crippen LogP contribution >= 0.6 is 0 Å². The van der Waals surface area contributed by atoms with Crippen molar-refractivity contribution < 1.29 is 9.84 Å². The Morgan fingerprint density at radius 1 is 1.21 bits per heavy atom. The Labute approximate surface area is 116 Å². The van der Waals surface area contributed by atoms with E-state index in [-0.39, 0.29) is 12.1 Å². The average molecular weight is 268 g/mol. The lowest BCUT2D eigenvalue weighted by Gasteiger charge is -2.39. The largest absolute Gasteiger partial charge is 0.394 e. The number of hydrogen-bond donors (Lipinski definition) is 2. The average Bonchev–Trinajstić information content (AvgIpc) is 3.05. The van der Waals surface area contributed by atoms with Crippen LogP contribution in [0, 0.1) is 0 Å². The van der Waals surface area contributed by atoms with Crippen molar-refractivity contribution in [3.8, 4) is 0 Å². The number of hydrogen-bond acceptors (Lipinski definition) is 4. The van der Waals surface area contributed by atoms with Crippen LogP contribution in [0.1, 0.15) is 46.0 Å². The van der Waals surface area contributed by atoms with Gasteiger partial charge in [-0.05, 0) is 46.0 Å². The SMILES string of the molecule is C[C@@H]1CN(C2CCC(CO)(NC3CC3)C2)C[C@H](C)O1. The zero-order valence-electron chi connectivity index (χ0n) is 12.3. The fraction of sp³-hybridized carbons (Fsp3) is 1.00. The molecular weight excluding hydrogens is 240 g/mol. The molecule has 0 spiro atoms. The van der Waals surface area contributed by atoms with Crippen molar-refractivity contribution in [3.63, 3.8) is 0 Å². The van der Waals surface area contributed by atoms with Gasteiger partial charge in [-0.3, -0.25) is 4.90 Å². The Balaban J connectivity index is 1.60. The maximum absolute atomic E-state index is 9.81. The van der Waals surface area contributed by atoms with Gasteiger partial charge in [0.05, 0.1) is 18.8 Å². The predicted octanol–water partition coefficient (Wildman–Crippen LogP) is 1.13. The fourth-order valence-electron chi connectivity index (χ4n) is 3.91. The van der Waals surface area contributed by atoms with Gasteiger partial charge < -0.3 is 15.2 Å². The molecule has 0 aromatic carbocycles. The van der Waals surface area contributed by atoms with Gasteiger partial charge in [0.25, 0.3) is 0 Å². The predicted molar refractivity (Wildman–Crippen MR) is 75.2 cm³/mol. The Morgan fingerprint density at radius 2 is 1.89 bits per heavy atom. The molecule has 2 saturated carbocycles. The summed E-state index contributed by atoms with van der Waals surface area (Å²) >= 11 is 0. The maximum atomic E-state index is 9.81. The molecule has 0 amide bonds. The minimum atomic E-state index is -0.00336. The van der Waals surface area contributed by atoms with Crippen LogP contribution in [-0.4, -0.2) is 59.5 Å². The van der Waals surface area contributed by atoms with Crippen LogP contribution in [0.4, 0.5) is 0 Å². The van der Waals surface area contributed by atoms with E-state index in [1.54, 1.807) is 0 Å². The highest BCUT2D eigenvalue weighted by Gasteiger charge is 2.44. The molecule has 4 nitrogen and oxygen atoms in total. The molecule has 110 valence electrons. The van der Waals surface area contributed by atoms with Crippen molar-refractivity contribution in [1.82, 2.24) is 10.2 Å². The number of rotatable bonds is 4. The van der Waals surface area contributed by atoms with Crippen molar-refractivity contribution in [1.29, 1.82) is 0 Å². The number of aliphatic hydroxyl groups excluding tert-OH is 1. The van der Waals surface area contributed by atoms with Gasteiger partial charge in [-0.2, -0.15) is 0 Å². The summed E-state index contributed by atoms with van der Waals surface area (Å²) in [7, 11) is 0. The van der Waals surface area contributed by atoms with Gasteiger partial charge in [0, 0.05) is 30.7 Å². The number of morpholine rings is 1. The molecule has 2 unspecified atom stereocenters. The molecule has 0 radical (unpaired) electrons. The molecule has 1 heterocycles. The fourth-order valence-corrected chi connectivity index (χ4v) is 3.91. The molecule has 4 heteroatoms. The Morgan fingerprint density at radius 3 is 2.47 bits per heavy atom. The van der Waals surface area contributed by atoms with E-state index in [1.165, 1.54) is 19.3 Å². The van der Waals surface area contributed by atoms with E-state index < -0.39 is 0 Å². The first kappa shape index (κ1) is 13.8. The highest BCUT2D eigenvalue weighted by Crippen LogP contribution is 2.36. The van der Waals surface area contributed by atoms with E-state index in [4.69, 9.17) is 4.74 Å². The Kier molecular flexibility index (Phi) is 3.87. The van der Waals surface area contributed by atoms with E-state index in [0.29, 0.717) is 24.3 Å². The standard InChI is InChI=1S/C15H28N2O2/c1-11-8-17(9-12(2)19-11)14-5-6-15(7-14,10-18)16-13-3-4-13/h11-14,16,18H,3-10H2,1-2H3/t11-,12+,14?,15?. The first-order chi connectivity index (χ1) is 9.10. The quantitative estimate of drug-likeness (QED) is 0.802. The van der Waals surface area contributed by atoms with Crippen molar-refractivity contribution in [2.75, 3.05) is 19.7 Å². The highest BCUT2D eigenvalue weighted by molar-refractivity contribution is 5.03. The van der Waals surface area contributed by atoms with E-state index in [2.05, 4.69) is 24.1 Å². The van der Waals surface area contributed by atoms with Crippen molar-refractivity contribution in [2.24, 2.45) is 0 Å². The topological polar surface area (TPSA) is 44.7 Å². The van der Waals surface area contributed by atoms with Crippen LogP contribution in [0.25, 0.3) is 0 Å². The summed E-state index contributed by atoms with van der Waals surface area (Å²) in [5, 5.41) is 13.5. The second kappa shape index (κ2) is 5.32. The van der Waals surface area contributed by atoms with Gasteiger partial charge in [0.2, 0.25) is 0 Å². The van der Waals surface area contributed by atoms with Crippen LogP contribution in [0.5, 0.6) is 0 Å². The summed E-state index contributed by atoms with van der Waals surface area (Å²) in [4.78, 5) is 2.59. The van der Waals surface area contributed by atoms with Crippen LogP contribution < -0.4 is 5.32 Å². The first-order valence-electron chi connectivity index (χ1n) is 7.88. The zero-order valence-corrected chi connectivity index (χ0v) is 12.3. The number of nitrogens with one attached hydrogen (secondary N) is 1. The second-order valence-corrected chi connectivity index (χ2v) is 6.96. The lowest BCUT2D eigenvalue weighted by atomic mass is 9.98. The van der Waals surface area contributed by atoms with Crippen molar-refractivity contribution in [3.05, 3.63) is 0 Å². The first-order valence-corrected chi connectivity index (χ1v) is 7.88. The summed E-state index contributed by atoms with van der Waals surface area (Å²) in [5.41, 5.74) is -0.00336. The summed E-state index contributed by atoms with van der Waals surface area (Å²) in [6.45, 7) is 6.70. The van der Waals surface area contributed by atoms with Crippen LogP contribution in [-0.2, 0) is 4.74 Å². The molecule has 3 rings (SSSR count). The Bertz CT molecular complexity index is 311. The third kappa shape index (κ3) is 3.13. The van der Waals surface area contributed by atoms with Gasteiger partial charge in [-0.1, -0.05) is 0 Å². The molecule has 0 bridgehead atoms. The molecule has 1 saturated heterocycles. The molecular formula is C15H28N2O2. The third-order valence-corrected chi connectivity index (χ3v) is 4.94. The van der Waals surface area contributed by atoms with Gasteiger partial charge in [-0.25, -0.2) is 0 Å². The third-order valence-electron chi connectivity index (χ3n) is 4.94. The van der Waals surface area contributed by atoms with Crippen LogP contribution in [0.2, 0.25) is 0 Å². The van der Waals surface area contributed by atoms with E-state index >= 15 is 0 Å². The van der Waals surface area contributed by atoms with Crippen molar-refractivity contribution in [2.45, 2.75) is 75.8 Å². The van der Waals surface area contributed by atoms with Crippen molar-refractivity contribution >= 4 is 0 Å². The normalized spacial score (nSPS) is 44.7. The highest BCUT2D eigenvalue weighted by atomic mass is 16.5.